The first-order valence-corrected chi connectivity index (χ1v) is 10.4. The predicted octanol–water partition coefficient (Wildman–Crippen LogP) is 1.38. The molecule has 2 aliphatic heterocycles. The molecule has 10 heteroatoms. The zero-order valence-corrected chi connectivity index (χ0v) is 17.7. The Labute approximate surface area is 188 Å². The van der Waals surface area contributed by atoms with Gasteiger partial charge in [0.1, 0.15) is 12.7 Å². The third-order valence-electron chi connectivity index (χ3n) is 5.91. The van der Waals surface area contributed by atoms with Gasteiger partial charge in [-0.2, -0.15) is 0 Å². The van der Waals surface area contributed by atoms with Crippen molar-refractivity contribution in [3.05, 3.63) is 75.8 Å². The Hall–Kier alpha value is -3.63. The number of ether oxygens (including phenoxy) is 2. The first kappa shape index (κ1) is 22.6. The number of non-ortho nitro benzene ring substituents is 1. The van der Waals surface area contributed by atoms with Crippen LogP contribution < -0.4 is 0 Å². The molecule has 2 aromatic carbocycles. The summed E-state index contributed by atoms with van der Waals surface area (Å²) in [6, 6.07) is 12.4. The molecule has 1 N–H and O–H groups in total. The lowest BCUT2D eigenvalue weighted by atomic mass is 9.82. The molecule has 33 heavy (non-hydrogen) atoms. The lowest BCUT2D eigenvalue weighted by Gasteiger charge is -2.46. The van der Waals surface area contributed by atoms with Crippen LogP contribution >= 0.6 is 0 Å². The highest BCUT2D eigenvalue weighted by atomic mass is 16.6. The van der Waals surface area contributed by atoms with E-state index in [9.17, 15) is 29.6 Å². The van der Waals surface area contributed by atoms with Crippen molar-refractivity contribution in [2.24, 2.45) is 5.92 Å². The Balaban J connectivity index is 1.47. The number of aliphatic hydroxyl groups excluding tert-OH is 1. The quantitative estimate of drug-likeness (QED) is 0.208. The molecule has 10 nitrogen and oxygen atoms in total. The van der Waals surface area contributed by atoms with Crippen molar-refractivity contribution in [1.29, 1.82) is 0 Å². The number of hydrogen-bond donors (Lipinski definition) is 1. The number of rotatable bonds is 8. The Morgan fingerprint density at radius 2 is 1.73 bits per heavy atom. The molecule has 2 aromatic rings. The summed E-state index contributed by atoms with van der Waals surface area (Å²) < 4.78 is 11.1. The van der Waals surface area contributed by atoms with E-state index in [4.69, 9.17) is 9.47 Å². The average molecular weight is 454 g/mol. The maximum atomic E-state index is 13.1. The number of Topliss-reactive ketones (excluding diaryl/α,β-unsaturated/α-hetero) is 1. The summed E-state index contributed by atoms with van der Waals surface area (Å²) in [6.07, 6.45) is -2.08. The highest BCUT2D eigenvalue weighted by Crippen LogP contribution is 2.41. The number of amides is 1. The largest absolute Gasteiger partial charge is 0.459 e. The van der Waals surface area contributed by atoms with Gasteiger partial charge in [0.2, 0.25) is 5.91 Å². The molecule has 2 fully saturated rings. The molecule has 4 rings (SSSR count). The second-order valence-corrected chi connectivity index (χ2v) is 8.06. The van der Waals surface area contributed by atoms with E-state index < -0.39 is 52.8 Å². The third kappa shape index (κ3) is 4.22. The summed E-state index contributed by atoms with van der Waals surface area (Å²) >= 11 is 0. The van der Waals surface area contributed by atoms with Crippen LogP contribution in [0.15, 0.2) is 54.6 Å². The van der Waals surface area contributed by atoms with E-state index in [1.165, 1.54) is 31.2 Å². The summed E-state index contributed by atoms with van der Waals surface area (Å²) in [5.41, 5.74) is 1.21. The minimum absolute atomic E-state index is 0.104. The molecule has 5 atom stereocenters. The van der Waals surface area contributed by atoms with Crippen LogP contribution in [0.4, 0.5) is 5.69 Å². The fourth-order valence-electron chi connectivity index (χ4n) is 4.26. The highest BCUT2D eigenvalue weighted by Gasteiger charge is 2.66. The van der Waals surface area contributed by atoms with Crippen LogP contribution in [0.1, 0.15) is 18.1 Å². The molecule has 0 aliphatic carbocycles. The van der Waals surface area contributed by atoms with Crippen molar-refractivity contribution in [1.82, 2.24) is 4.90 Å². The first-order chi connectivity index (χ1) is 15.8. The lowest BCUT2D eigenvalue weighted by Crippen LogP contribution is -2.66. The zero-order valence-electron chi connectivity index (χ0n) is 17.7. The monoisotopic (exact) mass is 454 g/mol. The standard InChI is InChI=1S/C23H22N2O8/c1-13(26)17-18-21(32-11-14-5-3-2-4-6-14)20(27)19(24(18)22(17)28)23(29)33-12-15-7-9-16(10-8-15)25(30)31/h2-10,13,17-19,21,26H,11-12H2,1H3/t13-,17-,18+,19?,21-/m1/s1. The van der Waals surface area contributed by atoms with Crippen LogP contribution in [-0.4, -0.2) is 56.9 Å². The smallest absolute Gasteiger partial charge is 0.337 e. The first-order valence-electron chi connectivity index (χ1n) is 10.4. The Morgan fingerprint density at radius 3 is 2.33 bits per heavy atom. The van der Waals surface area contributed by atoms with Gasteiger partial charge in [-0.15, -0.1) is 0 Å². The predicted molar refractivity (Wildman–Crippen MR) is 113 cm³/mol. The molecule has 2 saturated heterocycles. The van der Waals surface area contributed by atoms with Gasteiger partial charge in [-0.05, 0) is 30.2 Å². The lowest BCUT2D eigenvalue weighted by molar-refractivity contribution is -0.384. The molecule has 1 amide bonds. The van der Waals surface area contributed by atoms with Gasteiger partial charge in [-0.1, -0.05) is 30.3 Å². The van der Waals surface area contributed by atoms with Gasteiger partial charge in [0.25, 0.3) is 5.69 Å². The van der Waals surface area contributed by atoms with Gasteiger partial charge in [-0.3, -0.25) is 19.7 Å². The van der Waals surface area contributed by atoms with Crippen LogP contribution in [0.5, 0.6) is 0 Å². The third-order valence-corrected chi connectivity index (χ3v) is 5.91. The molecule has 0 radical (unpaired) electrons. The Bertz CT molecular complexity index is 1070. The topological polar surface area (TPSA) is 136 Å². The minimum atomic E-state index is -1.46. The van der Waals surface area contributed by atoms with Gasteiger partial charge in [0.05, 0.1) is 29.6 Å². The second-order valence-electron chi connectivity index (χ2n) is 8.06. The summed E-state index contributed by atoms with van der Waals surface area (Å²) in [6.45, 7) is 1.34. The fourth-order valence-corrected chi connectivity index (χ4v) is 4.26. The number of benzene rings is 2. The van der Waals surface area contributed by atoms with Crippen LogP contribution in [0.2, 0.25) is 0 Å². The molecule has 2 heterocycles. The number of nitro groups is 1. The number of ketones is 1. The van der Waals surface area contributed by atoms with Gasteiger partial charge in [0.15, 0.2) is 11.8 Å². The number of fused-ring (bicyclic) bond motifs is 1. The van der Waals surface area contributed by atoms with E-state index in [0.717, 1.165) is 10.5 Å². The summed E-state index contributed by atoms with van der Waals surface area (Å²) in [7, 11) is 0. The second kappa shape index (κ2) is 9.08. The van der Waals surface area contributed by atoms with E-state index in [1.807, 2.05) is 30.3 Å². The number of aliphatic hydroxyl groups is 1. The number of β-lactam (4-membered cyclic amide) rings is 1. The molecular formula is C23H22N2O8. The van der Waals surface area contributed by atoms with Crippen molar-refractivity contribution >= 4 is 23.3 Å². The van der Waals surface area contributed by atoms with Crippen molar-refractivity contribution in [2.45, 2.75) is 44.4 Å². The van der Waals surface area contributed by atoms with Gasteiger partial charge < -0.3 is 19.5 Å². The van der Waals surface area contributed by atoms with Crippen LogP contribution in [0.3, 0.4) is 0 Å². The summed E-state index contributed by atoms with van der Waals surface area (Å²) in [5.74, 6) is -2.86. The SMILES string of the molecule is C[C@@H](O)[C@H]1C(=O)N2C(C(=O)OCc3ccc([N+](=O)[O-])cc3)C(=O)[C@H](OCc3ccccc3)[C@H]12. The van der Waals surface area contributed by atoms with Crippen molar-refractivity contribution < 1.29 is 33.9 Å². The van der Waals surface area contributed by atoms with E-state index in [-0.39, 0.29) is 18.9 Å². The van der Waals surface area contributed by atoms with E-state index in [1.54, 1.807) is 0 Å². The summed E-state index contributed by atoms with van der Waals surface area (Å²) in [5, 5.41) is 20.8. The normalized spacial score (nSPS) is 24.7. The number of carbonyl (C=O) groups excluding carboxylic acids is 3. The van der Waals surface area contributed by atoms with E-state index in [2.05, 4.69) is 0 Å². The van der Waals surface area contributed by atoms with Crippen LogP contribution in [0.25, 0.3) is 0 Å². The minimum Gasteiger partial charge on any atom is -0.459 e. The molecule has 2 aliphatic rings. The molecule has 0 spiro atoms. The molecule has 172 valence electrons. The number of hydrogen-bond acceptors (Lipinski definition) is 8. The van der Waals surface area contributed by atoms with Crippen LogP contribution in [0, 0.1) is 16.0 Å². The van der Waals surface area contributed by atoms with Crippen LogP contribution in [-0.2, 0) is 37.1 Å². The van der Waals surface area contributed by atoms with E-state index >= 15 is 0 Å². The molecule has 0 saturated carbocycles. The number of nitrogens with zero attached hydrogens (tertiary/aromatic N) is 2. The van der Waals surface area contributed by atoms with Crippen molar-refractivity contribution in [2.75, 3.05) is 0 Å². The zero-order chi connectivity index (χ0) is 23.7. The van der Waals surface area contributed by atoms with Crippen molar-refractivity contribution in [3.8, 4) is 0 Å². The number of carbonyl (C=O) groups is 3. The van der Waals surface area contributed by atoms with Crippen molar-refractivity contribution in [3.63, 3.8) is 0 Å². The molecule has 0 aromatic heterocycles. The highest BCUT2D eigenvalue weighted by molar-refractivity contribution is 6.13. The number of esters is 1. The fraction of sp³-hybridized carbons (Fsp3) is 0.348. The maximum Gasteiger partial charge on any atom is 0.337 e. The molecule has 0 bridgehead atoms. The molecule has 1 unspecified atom stereocenters. The van der Waals surface area contributed by atoms with Gasteiger partial charge >= 0.3 is 5.97 Å². The Kier molecular flexibility index (Phi) is 6.21. The van der Waals surface area contributed by atoms with E-state index in [0.29, 0.717) is 5.56 Å². The van der Waals surface area contributed by atoms with Gasteiger partial charge in [0, 0.05) is 12.1 Å². The number of nitro benzene ring substituents is 1. The average Bonchev–Trinajstić information content (AvgIpc) is 3.04. The van der Waals surface area contributed by atoms with Gasteiger partial charge in [-0.25, -0.2) is 4.79 Å². The maximum absolute atomic E-state index is 13.1. The molecular weight excluding hydrogens is 432 g/mol. The summed E-state index contributed by atoms with van der Waals surface area (Å²) in [4.78, 5) is 49.8. The Morgan fingerprint density at radius 1 is 1.09 bits per heavy atom.